The van der Waals surface area contributed by atoms with E-state index in [4.69, 9.17) is 5.26 Å². The van der Waals surface area contributed by atoms with Crippen molar-refractivity contribution in [2.24, 2.45) is 0 Å². The molecule has 6 heteroatoms. The summed E-state index contributed by atoms with van der Waals surface area (Å²) in [6, 6.07) is 6.77. The third-order valence-corrected chi connectivity index (χ3v) is 3.96. The lowest BCUT2D eigenvalue weighted by Crippen LogP contribution is -2.26. The van der Waals surface area contributed by atoms with E-state index in [1.165, 1.54) is 12.1 Å². The Morgan fingerprint density at radius 1 is 1.48 bits per heavy atom. The third kappa shape index (κ3) is 3.92. The molecule has 1 N–H and O–H groups in total. The van der Waals surface area contributed by atoms with Crippen LogP contribution in [0, 0.1) is 21.4 Å². The Hall–Kier alpha value is -2.13. The van der Waals surface area contributed by atoms with Crippen LogP contribution in [0.15, 0.2) is 18.2 Å². The number of rotatable bonds is 4. The Labute approximate surface area is 124 Å². The first-order chi connectivity index (χ1) is 10.1. The van der Waals surface area contributed by atoms with Crippen molar-refractivity contribution in [3.05, 3.63) is 33.9 Å². The van der Waals surface area contributed by atoms with Gasteiger partial charge in [0.25, 0.3) is 5.69 Å². The molecular formula is C15H20N4O2. The lowest BCUT2D eigenvalue weighted by atomic mass is 10.1. The molecule has 0 bridgehead atoms. The largest absolute Gasteiger partial charge is 0.381 e. The molecule has 21 heavy (non-hydrogen) atoms. The van der Waals surface area contributed by atoms with Gasteiger partial charge in [-0.1, -0.05) is 6.92 Å². The quantitative estimate of drug-likeness (QED) is 0.680. The van der Waals surface area contributed by atoms with E-state index in [0.29, 0.717) is 17.3 Å². The van der Waals surface area contributed by atoms with Crippen molar-refractivity contribution in [2.45, 2.75) is 32.2 Å². The molecule has 1 saturated heterocycles. The van der Waals surface area contributed by atoms with Crippen LogP contribution in [0.5, 0.6) is 0 Å². The molecule has 1 aliphatic heterocycles. The molecule has 0 saturated carbocycles. The first-order valence-corrected chi connectivity index (χ1v) is 7.31. The van der Waals surface area contributed by atoms with E-state index in [0.717, 1.165) is 38.9 Å². The lowest BCUT2D eigenvalue weighted by molar-refractivity contribution is -0.384. The summed E-state index contributed by atoms with van der Waals surface area (Å²) in [5, 5.41) is 23.3. The van der Waals surface area contributed by atoms with Crippen molar-refractivity contribution in [1.29, 1.82) is 5.26 Å². The third-order valence-electron chi connectivity index (χ3n) is 3.96. The SMILES string of the molecule is CCN1CCCC(Nc2ccc([N+](=O)[O-])cc2C#N)CC1. The molecule has 112 valence electrons. The van der Waals surface area contributed by atoms with Crippen LogP contribution in [0.2, 0.25) is 0 Å². The zero-order chi connectivity index (χ0) is 15.2. The molecule has 1 unspecified atom stereocenters. The molecule has 0 amide bonds. The second-order valence-corrected chi connectivity index (χ2v) is 5.31. The predicted octanol–water partition coefficient (Wildman–Crippen LogP) is 2.75. The number of nitrogens with one attached hydrogen (secondary N) is 1. The van der Waals surface area contributed by atoms with Gasteiger partial charge in [-0.25, -0.2) is 0 Å². The number of nitrogens with zero attached hydrogens (tertiary/aromatic N) is 3. The second kappa shape index (κ2) is 7.04. The monoisotopic (exact) mass is 288 g/mol. The van der Waals surface area contributed by atoms with Gasteiger partial charge in [-0.05, 0) is 38.4 Å². The summed E-state index contributed by atoms with van der Waals surface area (Å²) in [6.07, 6.45) is 3.20. The van der Waals surface area contributed by atoms with Gasteiger partial charge in [-0.3, -0.25) is 10.1 Å². The van der Waals surface area contributed by atoms with Crippen molar-refractivity contribution in [3.63, 3.8) is 0 Å². The van der Waals surface area contributed by atoms with E-state index < -0.39 is 4.92 Å². The molecule has 0 aliphatic carbocycles. The molecule has 1 heterocycles. The summed E-state index contributed by atoms with van der Waals surface area (Å²) >= 11 is 0. The van der Waals surface area contributed by atoms with Crippen LogP contribution < -0.4 is 5.32 Å². The number of benzene rings is 1. The number of likely N-dealkylation sites (tertiary alicyclic amines) is 1. The minimum Gasteiger partial charge on any atom is -0.381 e. The molecule has 0 spiro atoms. The van der Waals surface area contributed by atoms with E-state index >= 15 is 0 Å². The Morgan fingerprint density at radius 3 is 2.95 bits per heavy atom. The number of hydrogen-bond acceptors (Lipinski definition) is 5. The van der Waals surface area contributed by atoms with Gasteiger partial charge in [0, 0.05) is 24.7 Å². The van der Waals surface area contributed by atoms with Crippen LogP contribution in [0.4, 0.5) is 11.4 Å². The van der Waals surface area contributed by atoms with Gasteiger partial charge >= 0.3 is 0 Å². The number of non-ortho nitro benzene ring substituents is 1. The maximum atomic E-state index is 10.8. The zero-order valence-corrected chi connectivity index (χ0v) is 12.2. The van der Waals surface area contributed by atoms with Gasteiger partial charge in [0.05, 0.1) is 16.2 Å². The van der Waals surface area contributed by atoms with Crippen molar-refractivity contribution < 1.29 is 4.92 Å². The average Bonchev–Trinajstić information content (AvgIpc) is 2.72. The molecule has 1 aromatic rings. The van der Waals surface area contributed by atoms with E-state index in [2.05, 4.69) is 17.1 Å². The molecule has 1 aliphatic rings. The number of nitriles is 1. The molecule has 1 atom stereocenters. The Balaban J connectivity index is 2.09. The summed E-state index contributed by atoms with van der Waals surface area (Å²) in [5.74, 6) is 0. The summed E-state index contributed by atoms with van der Waals surface area (Å²) < 4.78 is 0. The van der Waals surface area contributed by atoms with Crippen LogP contribution >= 0.6 is 0 Å². The molecule has 0 aromatic heterocycles. The maximum Gasteiger partial charge on any atom is 0.270 e. The molecule has 1 fully saturated rings. The molecule has 0 radical (unpaired) electrons. The predicted molar refractivity (Wildman–Crippen MR) is 81.2 cm³/mol. The van der Waals surface area contributed by atoms with Crippen molar-refractivity contribution >= 4 is 11.4 Å². The molecule has 6 nitrogen and oxygen atoms in total. The van der Waals surface area contributed by atoms with Gasteiger partial charge in [0.1, 0.15) is 6.07 Å². The summed E-state index contributed by atoms with van der Waals surface area (Å²) in [6.45, 7) is 5.38. The molecule has 1 aromatic carbocycles. The number of anilines is 1. The number of nitro benzene ring substituents is 1. The minimum absolute atomic E-state index is 0.0462. The van der Waals surface area contributed by atoms with E-state index in [9.17, 15) is 10.1 Å². The highest BCUT2D eigenvalue weighted by molar-refractivity contribution is 5.61. The minimum atomic E-state index is -0.477. The Kier molecular flexibility index (Phi) is 5.12. The highest BCUT2D eigenvalue weighted by Gasteiger charge is 2.18. The van der Waals surface area contributed by atoms with Crippen LogP contribution in [0.1, 0.15) is 31.7 Å². The Bertz CT molecular complexity index is 553. The van der Waals surface area contributed by atoms with Crippen LogP contribution in [-0.2, 0) is 0 Å². The van der Waals surface area contributed by atoms with E-state index in [1.807, 2.05) is 6.07 Å². The standard InChI is InChI=1S/C15H20N4O2/c1-2-18-8-3-4-13(7-9-18)17-15-6-5-14(19(20)21)10-12(15)11-16/h5-6,10,13,17H,2-4,7-9H2,1H3. The molecular weight excluding hydrogens is 268 g/mol. The lowest BCUT2D eigenvalue weighted by Gasteiger charge is -2.19. The fourth-order valence-corrected chi connectivity index (χ4v) is 2.70. The zero-order valence-electron chi connectivity index (χ0n) is 12.2. The average molecular weight is 288 g/mol. The van der Waals surface area contributed by atoms with Gasteiger partial charge in [-0.15, -0.1) is 0 Å². The summed E-state index contributed by atoms with van der Waals surface area (Å²) in [4.78, 5) is 12.7. The van der Waals surface area contributed by atoms with Crippen LogP contribution in [0.25, 0.3) is 0 Å². The van der Waals surface area contributed by atoms with E-state index in [1.54, 1.807) is 6.07 Å². The molecule has 2 rings (SSSR count). The highest BCUT2D eigenvalue weighted by Crippen LogP contribution is 2.24. The second-order valence-electron chi connectivity index (χ2n) is 5.31. The van der Waals surface area contributed by atoms with Crippen LogP contribution in [-0.4, -0.2) is 35.5 Å². The first kappa shape index (κ1) is 15.3. The fourth-order valence-electron chi connectivity index (χ4n) is 2.70. The van der Waals surface area contributed by atoms with Crippen molar-refractivity contribution in [1.82, 2.24) is 4.90 Å². The normalized spacial score (nSPS) is 19.5. The summed E-state index contributed by atoms with van der Waals surface area (Å²) in [7, 11) is 0. The topological polar surface area (TPSA) is 82.2 Å². The van der Waals surface area contributed by atoms with Gasteiger partial charge < -0.3 is 10.2 Å². The number of hydrogen-bond donors (Lipinski definition) is 1. The highest BCUT2D eigenvalue weighted by atomic mass is 16.6. The maximum absolute atomic E-state index is 10.8. The van der Waals surface area contributed by atoms with Crippen molar-refractivity contribution in [3.8, 4) is 6.07 Å². The van der Waals surface area contributed by atoms with Crippen molar-refractivity contribution in [2.75, 3.05) is 25.0 Å². The number of nitro groups is 1. The Morgan fingerprint density at radius 2 is 2.29 bits per heavy atom. The van der Waals surface area contributed by atoms with Gasteiger partial charge in [0.15, 0.2) is 0 Å². The van der Waals surface area contributed by atoms with Gasteiger partial charge in [0.2, 0.25) is 0 Å². The summed E-state index contributed by atoms with van der Waals surface area (Å²) in [5.41, 5.74) is 0.981. The van der Waals surface area contributed by atoms with E-state index in [-0.39, 0.29) is 5.69 Å². The van der Waals surface area contributed by atoms with Gasteiger partial charge in [-0.2, -0.15) is 5.26 Å². The fraction of sp³-hybridized carbons (Fsp3) is 0.533. The van der Waals surface area contributed by atoms with Crippen LogP contribution in [0.3, 0.4) is 0 Å². The first-order valence-electron chi connectivity index (χ1n) is 7.31. The smallest absolute Gasteiger partial charge is 0.270 e.